The van der Waals surface area contributed by atoms with E-state index in [0.29, 0.717) is 5.56 Å². The quantitative estimate of drug-likeness (QED) is 0.376. The molecule has 6 heteroatoms. The lowest BCUT2D eigenvalue weighted by Gasteiger charge is -2.14. The standard InChI is InChI=1S/C10H15N3O3/c1-5(2)13-4-6(3)8(14)7(10(13)16)9(15)12-11/h4-5,14H,11H2,1-3H3,(H,12,15). The van der Waals surface area contributed by atoms with Crippen LogP contribution in [0.5, 0.6) is 5.75 Å². The lowest BCUT2D eigenvalue weighted by atomic mass is 10.1. The van der Waals surface area contributed by atoms with Gasteiger partial charge in [-0.15, -0.1) is 0 Å². The largest absolute Gasteiger partial charge is 0.507 e. The summed E-state index contributed by atoms with van der Waals surface area (Å²) in [4.78, 5) is 23.2. The fourth-order valence-corrected chi connectivity index (χ4v) is 1.42. The zero-order valence-electron chi connectivity index (χ0n) is 9.44. The molecule has 1 aromatic rings. The smallest absolute Gasteiger partial charge is 0.274 e. The first-order chi connectivity index (χ1) is 7.40. The van der Waals surface area contributed by atoms with Gasteiger partial charge in [-0.3, -0.25) is 15.0 Å². The van der Waals surface area contributed by atoms with Crippen LogP contribution in [0.4, 0.5) is 0 Å². The third kappa shape index (κ3) is 1.92. The van der Waals surface area contributed by atoms with Crippen LogP contribution in [0.3, 0.4) is 0 Å². The third-order valence-corrected chi connectivity index (χ3v) is 2.31. The van der Waals surface area contributed by atoms with Crippen LogP contribution in [0.1, 0.15) is 35.8 Å². The lowest BCUT2D eigenvalue weighted by Crippen LogP contribution is -2.37. The number of carbonyl (C=O) groups excluding carboxylic acids is 1. The van der Waals surface area contributed by atoms with E-state index in [2.05, 4.69) is 0 Å². The molecule has 0 spiro atoms. The summed E-state index contributed by atoms with van der Waals surface area (Å²) >= 11 is 0. The average Bonchev–Trinajstić information content (AvgIpc) is 2.22. The maximum Gasteiger partial charge on any atom is 0.274 e. The van der Waals surface area contributed by atoms with Crippen molar-refractivity contribution in [3.8, 4) is 5.75 Å². The number of hydrogen-bond acceptors (Lipinski definition) is 4. The zero-order chi connectivity index (χ0) is 12.5. The van der Waals surface area contributed by atoms with Gasteiger partial charge in [0.05, 0.1) is 0 Å². The molecule has 16 heavy (non-hydrogen) atoms. The van der Waals surface area contributed by atoms with E-state index in [4.69, 9.17) is 5.84 Å². The van der Waals surface area contributed by atoms with Crippen molar-refractivity contribution < 1.29 is 9.90 Å². The minimum Gasteiger partial charge on any atom is -0.507 e. The van der Waals surface area contributed by atoms with Gasteiger partial charge in [-0.25, -0.2) is 5.84 Å². The molecule has 1 amide bonds. The Hall–Kier alpha value is -1.82. The number of rotatable bonds is 2. The molecule has 4 N–H and O–H groups in total. The molecule has 6 nitrogen and oxygen atoms in total. The zero-order valence-corrected chi connectivity index (χ0v) is 9.44. The fraction of sp³-hybridized carbons (Fsp3) is 0.400. The van der Waals surface area contributed by atoms with Crippen molar-refractivity contribution in [3.63, 3.8) is 0 Å². The highest BCUT2D eigenvalue weighted by atomic mass is 16.3. The van der Waals surface area contributed by atoms with E-state index in [1.165, 1.54) is 10.8 Å². The maximum absolute atomic E-state index is 11.9. The third-order valence-electron chi connectivity index (χ3n) is 2.31. The van der Waals surface area contributed by atoms with Gasteiger partial charge in [0, 0.05) is 17.8 Å². The first kappa shape index (κ1) is 12.3. The molecule has 0 aliphatic rings. The van der Waals surface area contributed by atoms with E-state index in [1.807, 2.05) is 19.3 Å². The molecule has 0 unspecified atom stereocenters. The summed E-state index contributed by atoms with van der Waals surface area (Å²) in [6.07, 6.45) is 1.51. The molecule has 1 rings (SSSR count). The SMILES string of the molecule is Cc1cn(C(C)C)c(=O)c(C(=O)NN)c1O. The van der Waals surface area contributed by atoms with Crippen LogP contribution in [-0.4, -0.2) is 15.6 Å². The summed E-state index contributed by atoms with van der Waals surface area (Å²) in [5, 5.41) is 9.66. The Labute approximate surface area is 92.7 Å². The molecule has 0 saturated heterocycles. The topological polar surface area (TPSA) is 97.4 Å². The van der Waals surface area contributed by atoms with Crippen molar-refractivity contribution in [2.45, 2.75) is 26.8 Å². The molecule has 88 valence electrons. The number of aromatic hydroxyl groups is 1. The minimum atomic E-state index is -0.791. The van der Waals surface area contributed by atoms with Gasteiger partial charge in [-0.1, -0.05) is 0 Å². The summed E-state index contributed by atoms with van der Waals surface area (Å²) in [7, 11) is 0. The monoisotopic (exact) mass is 225 g/mol. The van der Waals surface area contributed by atoms with Crippen molar-refractivity contribution in [3.05, 3.63) is 27.7 Å². The van der Waals surface area contributed by atoms with E-state index in [0.717, 1.165) is 0 Å². The Morgan fingerprint density at radius 2 is 2.12 bits per heavy atom. The van der Waals surface area contributed by atoms with Crippen LogP contribution in [0, 0.1) is 6.92 Å². The highest BCUT2D eigenvalue weighted by Crippen LogP contribution is 2.19. The molecule has 0 radical (unpaired) electrons. The molecule has 0 bridgehead atoms. The van der Waals surface area contributed by atoms with Crippen molar-refractivity contribution in [2.75, 3.05) is 0 Å². The van der Waals surface area contributed by atoms with E-state index < -0.39 is 11.5 Å². The Balaban J connectivity index is 3.59. The fourth-order valence-electron chi connectivity index (χ4n) is 1.42. The lowest BCUT2D eigenvalue weighted by molar-refractivity contribution is 0.0948. The van der Waals surface area contributed by atoms with Gasteiger partial charge in [-0.05, 0) is 20.8 Å². The van der Waals surface area contributed by atoms with Gasteiger partial charge < -0.3 is 9.67 Å². The number of nitrogens with two attached hydrogens (primary N) is 1. The number of nitrogens with one attached hydrogen (secondary N) is 1. The number of nitrogens with zero attached hydrogens (tertiary/aromatic N) is 1. The second kappa shape index (κ2) is 4.36. The molecule has 0 aliphatic carbocycles. The van der Waals surface area contributed by atoms with Crippen LogP contribution in [0.2, 0.25) is 0 Å². The first-order valence-electron chi connectivity index (χ1n) is 4.85. The molecule has 0 aromatic carbocycles. The molecule has 1 heterocycles. The van der Waals surface area contributed by atoms with E-state index in [-0.39, 0.29) is 17.4 Å². The van der Waals surface area contributed by atoms with Gasteiger partial charge in [0.2, 0.25) is 0 Å². The molecule has 1 aromatic heterocycles. The Bertz CT molecular complexity index is 477. The highest BCUT2D eigenvalue weighted by Gasteiger charge is 2.20. The predicted molar refractivity (Wildman–Crippen MR) is 59.1 cm³/mol. The number of hydrogen-bond donors (Lipinski definition) is 3. The second-order valence-electron chi connectivity index (χ2n) is 3.82. The van der Waals surface area contributed by atoms with Crippen molar-refractivity contribution >= 4 is 5.91 Å². The Kier molecular flexibility index (Phi) is 3.34. The van der Waals surface area contributed by atoms with Gasteiger partial charge in [0.1, 0.15) is 11.3 Å². The van der Waals surface area contributed by atoms with Gasteiger partial charge in [-0.2, -0.15) is 0 Å². The molecule has 0 fully saturated rings. The van der Waals surface area contributed by atoms with Gasteiger partial charge in [0.25, 0.3) is 11.5 Å². The van der Waals surface area contributed by atoms with Crippen molar-refractivity contribution in [1.82, 2.24) is 9.99 Å². The molecular formula is C10H15N3O3. The number of hydrazine groups is 1. The molecule has 0 atom stereocenters. The normalized spacial score (nSPS) is 10.6. The molecular weight excluding hydrogens is 210 g/mol. The Morgan fingerprint density at radius 3 is 2.56 bits per heavy atom. The summed E-state index contributed by atoms with van der Waals surface area (Å²) < 4.78 is 1.37. The van der Waals surface area contributed by atoms with E-state index in [1.54, 1.807) is 6.92 Å². The number of aryl methyl sites for hydroxylation is 1. The van der Waals surface area contributed by atoms with Crippen molar-refractivity contribution in [2.24, 2.45) is 5.84 Å². The summed E-state index contributed by atoms with van der Waals surface area (Å²) in [6.45, 7) is 5.23. The van der Waals surface area contributed by atoms with Gasteiger partial charge in [0.15, 0.2) is 0 Å². The van der Waals surface area contributed by atoms with E-state index >= 15 is 0 Å². The number of nitrogen functional groups attached to an aromatic ring is 1. The highest BCUT2D eigenvalue weighted by molar-refractivity contribution is 5.96. The summed E-state index contributed by atoms with van der Waals surface area (Å²) in [6, 6.07) is -0.101. The van der Waals surface area contributed by atoms with Crippen LogP contribution in [0.15, 0.2) is 11.0 Å². The number of carbonyl (C=O) groups is 1. The van der Waals surface area contributed by atoms with Crippen LogP contribution in [-0.2, 0) is 0 Å². The molecule has 0 aliphatic heterocycles. The predicted octanol–water partition coefficient (Wildman–Crippen LogP) is 0.0467. The maximum atomic E-state index is 11.9. The number of pyridine rings is 1. The summed E-state index contributed by atoms with van der Waals surface area (Å²) in [5.41, 5.74) is 1.42. The van der Waals surface area contributed by atoms with Crippen LogP contribution < -0.4 is 16.8 Å². The van der Waals surface area contributed by atoms with E-state index in [9.17, 15) is 14.7 Å². The average molecular weight is 225 g/mol. The second-order valence-corrected chi connectivity index (χ2v) is 3.82. The minimum absolute atomic E-state index is 0.101. The summed E-state index contributed by atoms with van der Waals surface area (Å²) in [5.74, 6) is 3.84. The van der Waals surface area contributed by atoms with Crippen LogP contribution in [0.25, 0.3) is 0 Å². The van der Waals surface area contributed by atoms with Gasteiger partial charge >= 0.3 is 0 Å². The van der Waals surface area contributed by atoms with Crippen molar-refractivity contribution in [1.29, 1.82) is 0 Å². The first-order valence-corrected chi connectivity index (χ1v) is 4.85. The molecule has 0 saturated carbocycles. The van der Waals surface area contributed by atoms with Crippen LogP contribution >= 0.6 is 0 Å². The number of amides is 1. The Morgan fingerprint density at radius 1 is 1.56 bits per heavy atom. The number of aromatic nitrogens is 1.